The zero-order chi connectivity index (χ0) is 12.0. The summed E-state index contributed by atoms with van der Waals surface area (Å²) in [5.41, 5.74) is -0.395. The van der Waals surface area contributed by atoms with Gasteiger partial charge in [0, 0.05) is 11.4 Å². The summed E-state index contributed by atoms with van der Waals surface area (Å²) in [4.78, 5) is 1.28. The van der Waals surface area contributed by atoms with Crippen molar-refractivity contribution in [3.8, 4) is 6.07 Å². The van der Waals surface area contributed by atoms with Gasteiger partial charge in [0.15, 0.2) is 0 Å². The largest absolute Gasteiger partial charge is 0.295 e. The van der Waals surface area contributed by atoms with Gasteiger partial charge >= 0.3 is 0 Å². The first kappa shape index (κ1) is 13.2. The highest BCUT2D eigenvalue weighted by molar-refractivity contribution is 7.09. The molecule has 0 saturated carbocycles. The van der Waals surface area contributed by atoms with Crippen molar-refractivity contribution in [2.75, 3.05) is 0 Å². The summed E-state index contributed by atoms with van der Waals surface area (Å²) in [6.07, 6.45) is 1.99. The first-order chi connectivity index (χ1) is 7.56. The van der Waals surface area contributed by atoms with Crippen LogP contribution < -0.4 is 5.32 Å². The fourth-order valence-corrected chi connectivity index (χ4v) is 2.10. The van der Waals surface area contributed by atoms with Crippen molar-refractivity contribution in [1.29, 1.82) is 5.26 Å². The van der Waals surface area contributed by atoms with E-state index in [0.717, 1.165) is 19.4 Å². The highest BCUT2D eigenvalue weighted by atomic mass is 32.1. The van der Waals surface area contributed by atoms with E-state index in [-0.39, 0.29) is 0 Å². The van der Waals surface area contributed by atoms with Gasteiger partial charge in [-0.05, 0) is 37.1 Å². The van der Waals surface area contributed by atoms with Crippen LogP contribution in [-0.2, 0) is 6.54 Å². The first-order valence-corrected chi connectivity index (χ1v) is 6.62. The number of hydrogen-bond donors (Lipinski definition) is 1. The maximum atomic E-state index is 9.22. The minimum absolute atomic E-state index is 0.395. The Morgan fingerprint density at radius 2 is 2.31 bits per heavy atom. The lowest BCUT2D eigenvalue weighted by atomic mass is 9.93. The lowest BCUT2D eigenvalue weighted by Crippen LogP contribution is -2.40. The van der Waals surface area contributed by atoms with Crippen LogP contribution in [0.3, 0.4) is 0 Å². The Labute approximate surface area is 102 Å². The van der Waals surface area contributed by atoms with Gasteiger partial charge in [0.25, 0.3) is 0 Å². The zero-order valence-electron chi connectivity index (χ0n) is 10.3. The molecular formula is C13H20N2S. The number of nitrogens with one attached hydrogen (secondary N) is 1. The summed E-state index contributed by atoms with van der Waals surface area (Å²) < 4.78 is 0. The molecule has 1 heterocycles. The van der Waals surface area contributed by atoms with Crippen LogP contribution in [0, 0.1) is 17.2 Å². The highest BCUT2D eigenvalue weighted by Gasteiger charge is 2.22. The second-order valence-electron chi connectivity index (χ2n) is 4.81. The third kappa shape index (κ3) is 4.34. The Morgan fingerprint density at radius 3 is 2.81 bits per heavy atom. The molecule has 0 aromatic carbocycles. The van der Waals surface area contributed by atoms with Crippen LogP contribution in [0.1, 0.15) is 38.5 Å². The molecule has 1 aromatic heterocycles. The van der Waals surface area contributed by atoms with E-state index in [1.807, 2.05) is 13.0 Å². The van der Waals surface area contributed by atoms with Crippen molar-refractivity contribution >= 4 is 11.3 Å². The molecule has 1 unspecified atom stereocenters. The molecule has 0 amide bonds. The quantitative estimate of drug-likeness (QED) is 0.820. The Kier molecular flexibility index (Phi) is 4.98. The Bertz CT molecular complexity index is 337. The van der Waals surface area contributed by atoms with Gasteiger partial charge in [0.1, 0.15) is 5.54 Å². The van der Waals surface area contributed by atoms with Gasteiger partial charge in [-0.2, -0.15) is 5.26 Å². The Hall–Kier alpha value is -0.850. The van der Waals surface area contributed by atoms with Crippen molar-refractivity contribution in [1.82, 2.24) is 5.32 Å². The predicted molar refractivity (Wildman–Crippen MR) is 69.2 cm³/mol. The minimum Gasteiger partial charge on any atom is -0.295 e. The molecule has 88 valence electrons. The SMILES string of the molecule is CC(C)CCC(C)(C#N)NCc1cccs1. The number of thiophene rings is 1. The monoisotopic (exact) mass is 236 g/mol. The zero-order valence-corrected chi connectivity index (χ0v) is 11.1. The van der Waals surface area contributed by atoms with Crippen molar-refractivity contribution in [3.63, 3.8) is 0 Å². The van der Waals surface area contributed by atoms with E-state index >= 15 is 0 Å². The average molecular weight is 236 g/mol. The highest BCUT2D eigenvalue weighted by Crippen LogP contribution is 2.17. The molecule has 0 spiro atoms. The van der Waals surface area contributed by atoms with Crippen LogP contribution in [0.15, 0.2) is 17.5 Å². The number of nitrogens with zero attached hydrogens (tertiary/aromatic N) is 1. The second kappa shape index (κ2) is 6.03. The van der Waals surface area contributed by atoms with E-state index in [2.05, 4.69) is 36.7 Å². The molecule has 2 nitrogen and oxygen atoms in total. The topological polar surface area (TPSA) is 35.8 Å². The molecular weight excluding hydrogens is 216 g/mol. The molecule has 0 aliphatic carbocycles. The summed E-state index contributed by atoms with van der Waals surface area (Å²) in [5.74, 6) is 0.649. The summed E-state index contributed by atoms with van der Waals surface area (Å²) in [5, 5.41) is 14.6. The molecule has 0 aliphatic rings. The third-order valence-electron chi connectivity index (χ3n) is 2.70. The molecule has 1 aromatic rings. The lowest BCUT2D eigenvalue weighted by molar-refractivity contribution is 0.378. The molecule has 16 heavy (non-hydrogen) atoms. The number of hydrogen-bond acceptors (Lipinski definition) is 3. The third-order valence-corrected chi connectivity index (χ3v) is 3.58. The predicted octanol–water partition coefficient (Wildman–Crippen LogP) is 3.56. The van der Waals surface area contributed by atoms with Gasteiger partial charge in [-0.1, -0.05) is 19.9 Å². The van der Waals surface area contributed by atoms with Crippen LogP contribution >= 0.6 is 11.3 Å². The maximum Gasteiger partial charge on any atom is 0.104 e. The van der Waals surface area contributed by atoms with Crippen LogP contribution in [0.4, 0.5) is 0 Å². The number of rotatable bonds is 6. The average Bonchev–Trinajstić information content (AvgIpc) is 2.76. The Morgan fingerprint density at radius 1 is 1.56 bits per heavy atom. The summed E-state index contributed by atoms with van der Waals surface area (Å²) in [6, 6.07) is 6.53. The van der Waals surface area contributed by atoms with Gasteiger partial charge in [0.05, 0.1) is 6.07 Å². The van der Waals surface area contributed by atoms with Crippen LogP contribution in [0.25, 0.3) is 0 Å². The standard InChI is InChI=1S/C13H20N2S/c1-11(2)6-7-13(3,10-14)15-9-12-5-4-8-16-12/h4-5,8,11,15H,6-7,9H2,1-3H3. The van der Waals surface area contributed by atoms with Crippen molar-refractivity contribution in [2.24, 2.45) is 5.92 Å². The van der Waals surface area contributed by atoms with E-state index < -0.39 is 5.54 Å². The molecule has 1 atom stereocenters. The molecule has 0 saturated heterocycles. The molecule has 1 N–H and O–H groups in total. The van der Waals surface area contributed by atoms with Crippen molar-refractivity contribution in [2.45, 2.75) is 45.7 Å². The van der Waals surface area contributed by atoms with Gasteiger partial charge in [0.2, 0.25) is 0 Å². The van der Waals surface area contributed by atoms with E-state index in [4.69, 9.17) is 0 Å². The van der Waals surface area contributed by atoms with Gasteiger partial charge in [-0.25, -0.2) is 0 Å². The van der Waals surface area contributed by atoms with Gasteiger partial charge in [-0.15, -0.1) is 11.3 Å². The van der Waals surface area contributed by atoms with Gasteiger partial charge < -0.3 is 0 Å². The van der Waals surface area contributed by atoms with Crippen LogP contribution in [0.5, 0.6) is 0 Å². The summed E-state index contributed by atoms with van der Waals surface area (Å²) in [6.45, 7) is 7.16. The molecule has 0 fully saturated rings. The van der Waals surface area contributed by atoms with E-state index in [0.29, 0.717) is 5.92 Å². The summed E-state index contributed by atoms with van der Waals surface area (Å²) >= 11 is 1.73. The Balaban J connectivity index is 2.44. The molecule has 0 bridgehead atoms. The molecule has 0 aliphatic heterocycles. The smallest absolute Gasteiger partial charge is 0.104 e. The second-order valence-corrected chi connectivity index (χ2v) is 5.84. The van der Waals surface area contributed by atoms with Gasteiger partial charge in [-0.3, -0.25) is 5.32 Å². The fraction of sp³-hybridized carbons (Fsp3) is 0.615. The molecule has 3 heteroatoms. The van der Waals surface area contributed by atoms with E-state index in [9.17, 15) is 5.26 Å². The van der Waals surface area contributed by atoms with Crippen molar-refractivity contribution in [3.05, 3.63) is 22.4 Å². The normalized spacial score (nSPS) is 14.7. The van der Waals surface area contributed by atoms with Crippen molar-refractivity contribution < 1.29 is 0 Å². The minimum atomic E-state index is -0.395. The van der Waals surface area contributed by atoms with E-state index in [1.54, 1.807) is 11.3 Å². The first-order valence-electron chi connectivity index (χ1n) is 5.74. The maximum absolute atomic E-state index is 9.22. The van der Waals surface area contributed by atoms with Crippen LogP contribution in [0.2, 0.25) is 0 Å². The molecule has 1 rings (SSSR count). The molecule has 0 radical (unpaired) electrons. The lowest BCUT2D eigenvalue weighted by Gasteiger charge is -2.23. The van der Waals surface area contributed by atoms with Crippen LogP contribution in [-0.4, -0.2) is 5.54 Å². The fourth-order valence-electron chi connectivity index (χ4n) is 1.46. The number of nitriles is 1. The summed E-state index contributed by atoms with van der Waals surface area (Å²) in [7, 11) is 0. The van der Waals surface area contributed by atoms with E-state index in [1.165, 1.54) is 4.88 Å².